The molecule has 22 heavy (non-hydrogen) atoms. The number of carbonyl (C=O) groups is 2. The third-order valence-electron chi connectivity index (χ3n) is 2.98. The predicted octanol–water partition coefficient (Wildman–Crippen LogP) is 2.02. The zero-order valence-corrected chi connectivity index (χ0v) is 12.2. The average Bonchev–Trinajstić information content (AvgIpc) is 2.55. The molecular weight excluding hydrogens is 278 g/mol. The minimum atomic E-state index is -0.220. The summed E-state index contributed by atoms with van der Waals surface area (Å²) in [5.41, 5.74) is 2.43. The van der Waals surface area contributed by atoms with Gasteiger partial charge in [-0.3, -0.25) is 14.6 Å². The lowest BCUT2D eigenvalue weighted by Crippen LogP contribution is -2.19. The molecule has 0 aliphatic carbocycles. The van der Waals surface area contributed by atoms with Crippen LogP contribution in [-0.2, 0) is 16.0 Å². The Labute approximate surface area is 129 Å². The summed E-state index contributed by atoms with van der Waals surface area (Å²) < 4.78 is 0. The van der Waals surface area contributed by atoms with Crippen LogP contribution in [0.25, 0.3) is 6.08 Å². The number of hydrogen-bond donors (Lipinski definition) is 2. The van der Waals surface area contributed by atoms with Crippen molar-refractivity contribution < 1.29 is 9.59 Å². The summed E-state index contributed by atoms with van der Waals surface area (Å²) in [6, 6.07) is 10.8. The lowest BCUT2D eigenvalue weighted by Gasteiger charge is -2.04. The lowest BCUT2D eigenvalue weighted by molar-refractivity contribution is -0.120. The topological polar surface area (TPSA) is 71.1 Å². The maximum atomic E-state index is 11.8. The highest BCUT2D eigenvalue weighted by Crippen LogP contribution is 2.10. The summed E-state index contributed by atoms with van der Waals surface area (Å²) in [6.07, 6.45) is 6.83. The summed E-state index contributed by atoms with van der Waals surface area (Å²) in [6.45, 7) is 0. The van der Waals surface area contributed by atoms with Gasteiger partial charge >= 0.3 is 0 Å². The largest absolute Gasteiger partial charge is 0.359 e. The Bertz CT molecular complexity index is 664. The van der Waals surface area contributed by atoms with E-state index in [1.165, 1.54) is 6.08 Å². The summed E-state index contributed by atoms with van der Waals surface area (Å²) in [5, 5.41) is 5.33. The molecule has 0 aliphatic rings. The fourth-order valence-electron chi connectivity index (χ4n) is 1.81. The maximum absolute atomic E-state index is 11.8. The molecule has 0 aliphatic heterocycles. The number of nitrogens with one attached hydrogen (secondary N) is 2. The van der Waals surface area contributed by atoms with Crippen molar-refractivity contribution in [1.82, 2.24) is 10.3 Å². The summed E-state index contributed by atoms with van der Waals surface area (Å²) in [4.78, 5) is 27.1. The van der Waals surface area contributed by atoms with Gasteiger partial charge in [0.2, 0.25) is 11.8 Å². The van der Waals surface area contributed by atoms with Gasteiger partial charge in [-0.2, -0.15) is 0 Å². The Balaban J connectivity index is 1.91. The standard InChI is InChI=1S/C17H17N3O2/c1-18-17(22)11-13-4-7-15(8-5-13)20-16(21)9-6-14-3-2-10-19-12-14/h2-10,12H,11H2,1H3,(H,18,22)(H,20,21)/b9-6+. The van der Waals surface area contributed by atoms with E-state index in [4.69, 9.17) is 0 Å². The number of aromatic nitrogens is 1. The highest BCUT2D eigenvalue weighted by molar-refractivity contribution is 6.01. The first-order chi connectivity index (χ1) is 10.7. The Morgan fingerprint density at radius 3 is 2.59 bits per heavy atom. The van der Waals surface area contributed by atoms with E-state index in [1.54, 1.807) is 37.7 Å². The maximum Gasteiger partial charge on any atom is 0.248 e. The molecule has 5 nitrogen and oxygen atoms in total. The normalized spacial score (nSPS) is 10.4. The molecule has 0 saturated heterocycles. The molecule has 1 aromatic carbocycles. The zero-order chi connectivity index (χ0) is 15.8. The van der Waals surface area contributed by atoms with Crippen molar-refractivity contribution in [2.45, 2.75) is 6.42 Å². The van der Waals surface area contributed by atoms with E-state index < -0.39 is 0 Å². The van der Waals surface area contributed by atoms with E-state index >= 15 is 0 Å². The van der Waals surface area contributed by atoms with Crippen molar-refractivity contribution in [3.63, 3.8) is 0 Å². The van der Waals surface area contributed by atoms with Crippen LogP contribution in [0.2, 0.25) is 0 Å². The molecule has 0 unspecified atom stereocenters. The summed E-state index contributed by atoms with van der Waals surface area (Å²) in [7, 11) is 1.60. The van der Waals surface area contributed by atoms with Gasteiger partial charge in [0.1, 0.15) is 0 Å². The van der Waals surface area contributed by atoms with E-state index in [-0.39, 0.29) is 11.8 Å². The van der Waals surface area contributed by atoms with Crippen LogP contribution in [0.5, 0.6) is 0 Å². The van der Waals surface area contributed by atoms with Crippen LogP contribution in [0, 0.1) is 0 Å². The van der Waals surface area contributed by atoms with E-state index in [2.05, 4.69) is 15.6 Å². The quantitative estimate of drug-likeness (QED) is 0.829. The molecule has 0 fully saturated rings. The predicted molar refractivity (Wildman–Crippen MR) is 86.1 cm³/mol. The molecule has 5 heteroatoms. The number of hydrogen-bond acceptors (Lipinski definition) is 3. The van der Waals surface area contributed by atoms with Crippen LogP contribution in [0.15, 0.2) is 54.9 Å². The molecular formula is C17H17N3O2. The second kappa shape index (κ2) is 7.73. The lowest BCUT2D eigenvalue weighted by atomic mass is 10.1. The highest BCUT2D eigenvalue weighted by atomic mass is 16.2. The summed E-state index contributed by atoms with van der Waals surface area (Å²) in [5.74, 6) is -0.265. The SMILES string of the molecule is CNC(=O)Cc1ccc(NC(=O)/C=C/c2cccnc2)cc1. The fraction of sp³-hybridized carbons (Fsp3) is 0.118. The van der Waals surface area contributed by atoms with Gasteiger partial charge in [0.05, 0.1) is 6.42 Å². The molecule has 0 atom stereocenters. The zero-order valence-electron chi connectivity index (χ0n) is 12.2. The first-order valence-electron chi connectivity index (χ1n) is 6.86. The Morgan fingerprint density at radius 2 is 1.95 bits per heavy atom. The minimum Gasteiger partial charge on any atom is -0.359 e. The van der Waals surface area contributed by atoms with Crippen molar-refractivity contribution in [1.29, 1.82) is 0 Å². The van der Waals surface area contributed by atoms with Crippen LogP contribution in [-0.4, -0.2) is 23.8 Å². The van der Waals surface area contributed by atoms with Crippen molar-refractivity contribution in [2.24, 2.45) is 0 Å². The number of pyridine rings is 1. The van der Waals surface area contributed by atoms with Crippen LogP contribution in [0.1, 0.15) is 11.1 Å². The number of nitrogens with zero attached hydrogens (tertiary/aromatic N) is 1. The third-order valence-corrected chi connectivity index (χ3v) is 2.98. The second-order valence-corrected chi connectivity index (χ2v) is 4.66. The molecule has 112 valence electrons. The monoisotopic (exact) mass is 295 g/mol. The van der Waals surface area contributed by atoms with Gasteiger partial charge in [-0.25, -0.2) is 0 Å². The minimum absolute atomic E-state index is 0.0452. The van der Waals surface area contributed by atoms with Crippen molar-refractivity contribution in [3.8, 4) is 0 Å². The number of likely N-dealkylation sites (N-methyl/N-ethyl adjacent to an activating group) is 1. The molecule has 0 saturated carbocycles. The number of anilines is 1. The molecule has 0 spiro atoms. The van der Waals surface area contributed by atoms with Gasteiger partial charge in [-0.15, -0.1) is 0 Å². The van der Waals surface area contributed by atoms with Gasteiger partial charge in [-0.05, 0) is 35.4 Å². The molecule has 0 bridgehead atoms. The third kappa shape index (κ3) is 4.86. The summed E-state index contributed by atoms with van der Waals surface area (Å²) >= 11 is 0. The van der Waals surface area contributed by atoms with Crippen LogP contribution in [0.3, 0.4) is 0 Å². The first-order valence-corrected chi connectivity index (χ1v) is 6.86. The Morgan fingerprint density at radius 1 is 1.18 bits per heavy atom. The Hall–Kier alpha value is -2.95. The van der Waals surface area contributed by atoms with E-state index in [1.807, 2.05) is 24.3 Å². The first kappa shape index (κ1) is 15.4. The molecule has 2 amide bonds. The van der Waals surface area contributed by atoms with Gasteiger partial charge in [0, 0.05) is 31.2 Å². The second-order valence-electron chi connectivity index (χ2n) is 4.66. The van der Waals surface area contributed by atoms with Crippen molar-refractivity contribution >= 4 is 23.6 Å². The number of benzene rings is 1. The van der Waals surface area contributed by atoms with Gasteiger partial charge < -0.3 is 10.6 Å². The van der Waals surface area contributed by atoms with Crippen LogP contribution < -0.4 is 10.6 Å². The van der Waals surface area contributed by atoms with Crippen LogP contribution in [0.4, 0.5) is 5.69 Å². The molecule has 0 radical (unpaired) electrons. The number of carbonyl (C=O) groups excluding carboxylic acids is 2. The van der Waals surface area contributed by atoms with Gasteiger partial charge in [-0.1, -0.05) is 18.2 Å². The van der Waals surface area contributed by atoms with E-state index in [0.717, 1.165) is 11.1 Å². The number of rotatable bonds is 5. The van der Waals surface area contributed by atoms with E-state index in [0.29, 0.717) is 12.1 Å². The number of amides is 2. The average molecular weight is 295 g/mol. The molecule has 2 aromatic rings. The smallest absolute Gasteiger partial charge is 0.248 e. The highest BCUT2D eigenvalue weighted by Gasteiger charge is 2.02. The van der Waals surface area contributed by atoms with Gasteiger partial charge in [0.15, 0.2) is 0 Å². The van der Waals surface area contributed by atoms with Crippen molar-refractivity contribution in [2.75, 3.05) is 12.4 Å². The van der Waals surface area contributed by atoms with Crippen LogP contribution >= 0.6 is 0 Å². The fourth-order valence-corrected chi connectivity index (χ4v) is 1.81. The molecule has 2 N–H and O–H groups in total. The van der Waals surface area contributed by atoms with E-state index in [9.17, 15) is 9.59 Å². The molecule has 2 rings (SSSR count). The van der Waals surface area contributed by atoms with Crippen molar-refractivity contribution in [3.05, 3.63) is 66.0 Å². The van der Waals surface area contributed by atoms with Gasteiger partial charge in [0.25, 0.3) is 0 Å². The molecule has 1 heterocycles. The molecule has 1 aromatic heterocycles. The Kier molecular flexibility index (Phi) is 5.43.